The van der Waals surface area contributed by atoms with Crippen molar-refractivity contribution in [3.05, 3.63) is 102 Å². The minimum Gasteiger partial charge on any atom is -0.497 e. The molecule has 0 radical (unpaired) electrons. The van der Waals surface area contributed by atoms with Gasteiger partial charge in [0.05, 0.1) is 24.2 Å². The lowest BCUT2D eigenvalue weighted by molar-refractivity contribution is 0.0940. The van der Waals surface area contributed by atoms with Gasteiger partial charge >= 0.3 is 0 Å². The molecule has 2 aromatic heterocycles. The number of nitrogen functional groups attached to an aromatic ring is 1. The standard InChI is InChI=1S/C32H32N6O2S/c1-19(2)27-15-14-26-30(37-27)34-18-35-31(26)38-28-17-22(7-16-29(28)41-25-12-8-23(33)9-13-25)32(39)36-20(3)21-5-10-24(40-4)11-6-21/h5-20H,33H2,1-4H3,(H,36,39)(H,34,35,37,38). The summed E-state index contributed by atoms with van der Waals surface area (Å²) in [5, 5.41) is 7.35. The molecule has 0 aliphatic rings. The Balaban J connectivity index is 1.47. The largest absolute Gasteiger partial charge is 0.497 e. The van der Waals surface area contributed by atoms with Crippen LogP contribution in [0.5, 0.6) is 5.75 Å². The van der Waals surface area contributed by atoms with Crippen molar-refractivity contribution in [1.82, 2.24) is 20.3 Å². The molecule has 1 amide bonds. The molecule has 0 aliphatic carbocycles. The van der Waals surface area contributed by atoms with E-state index in [0.717, 1.165) is 37.9 Å². The summed E-state index contributed by atoms with van der Waals surface area (Å²) in [6.45, 7) is 6.15. The molecule has 41 heavy (non-hydrogen) atoms. The van der Waals surface area contributed by atoms with Crippen molar-refractivity contribution in [2.75, 3.05) is 18.2 Å². The number of carbonyl (C=O) groups is 1. The van der Waals surface area contributed by atoms with E-state index < -0.39 is 0 Å². The fourth-order valence-corrected chi connectivity index (χ4v) is 5.16. The van der Waals surface area contributed by atoms with Crippen LogP contribution < -0.4 is 21.1 Å². The van der Waals surface area contributed by atoms with E-state index >= 15 is 0 Å². The van der Waals surface area contributed by atoms with Gasteiger partial charge in [0, 0.05) is 26.7 Å². The van der Waals surface area contributed by atoms with Crippen LogP contribution in [0.25, 0.3) is 11.0 Å². The van der Waals surface area contributed by atoms with Gasteiger partial charge in [-0.15, -0.1) is 0 Å². The number of hydrogen-bond acceptors (Lipinski definition) is 8. The first kappa shape index (κ1) is 27.9. The van der Waals surface area contributed by atoms with Gasteiger partial charge in [-0.2, -0.15) is 0 Å². The lowest BCUT2D eigenvalue weighted by Gasteiger charge is -2.17. The summed E-state index contributed by atoms with van der Waals surface area (Å²) in [6, 6.07) is 24.7. The minimum absolute atomic E-state index is 0.184. The normalized spacial score (nSPS) is 11.8. The quantitative estimate of drug-likeness (QED) is 0.162. The highest BCUT2D eigenvalue weighted by Gasteiger charge is 2.16. The van der Waals surface area contributed by atoms with Gasteiger partial charge in [-0.1, -0.05) is 37.7 Å². The predicted molar refractivity (Wildman–Crippen MR) is 165 cm³/mol. The molecule has 0 bridgehead atoms. The zero-order chi connectivity index (χ0) is 28.9. The molecule has 0 saturated heterocycles. The Morgan fingerprint density at radius 2 is 1.68 bits per heavy atom. The number of rotatable bonds is 9. The number of hydrogen-bond donors (Lipinski definition) is 3. The molecule has 4 N–H and O–H groups in total. The lowest BCUT2D eigenvalue weighted by Crippen LogP contribution is -2.26. The number of nitrogens with two attached hydrogens (primary N) is 1. The van der Waals surface area contributed by atoms with Crippen LogP contribution in [0, 0.1) is 0 Å². The Labute approximate surface area is 243 Å². The van der Waals surface area contributed by atoms with Crippen molar-refractivity contribution in [2.45, 2.75) is 42.5 Å². The number of nitrogens with zero attached hydrogens (tertiary/aromatic N) is 3. The van der Waals surface area contributed by atoms with Gasteiger partial charge in [0.25, 0.3) is 5.91 Å². The third-order valence-corrected chi connectivity index (χ3v) is 7.76. The van der Waals surface area contributed by atoms with Crippen LogP contribution in [0.3, 0.4) is 0 Å². The average molecular weight is 565 g/mol. The molecule has 9 heteroatoms. The maximum atomic E-state index is 13.4. The molecule has 5 aromatic rings. The summed E-state index contributed by atoms with van der Waals surface area (Å²) < 4.78 is 5.25. The molecule has 0 saturated carbocycles. The molecular formula is C32H32N6O2S. The average Bonchev–Trinajstić information content (AvgIpc) is 2.99. The summed E-state index contributed by atoms with van der Waals surface area (Å²) in [4.78, 5) is 28.9. The third-order valence-electron chi connectivity index (χ3n) is 6.68. The molecule has 5 rings (SSSR count). The van der Waals surface area contributed by atoms with Gasteiger partial charge in [-0.05, 0) is 85.1 Å². The molecule has 1 atom stereocenters. The highest BCUT2D eigenvalue weighted by atomic mass is 32.2. The SMILES string of the molecule is COc1ccc(C(C)NC(=O)c2ccc(Sc3ccc(N)cc3)c(Nc3ncnc4nc(C(C)C)ccc34)c2)cc1. The number of aromatic nitrogens is 3. The van der Waals surface area contributed by atoms with E-state index in [1.165, 1.54) is 6.33 Å². The highest BCUT2D eigenvalue weighted by Crippen LogP contribution is 2.37. The zero-order valence-corrected chi connectivity index (χ0v) is 24.2. The molecule has 0 fully saturated rings. The highest BCUT2D eigenvalue weighted by molar-refractivity contribution is 7.99. The van der Waals surface area contributed by atoms with Crippen LogP contribution in [0.2, 0.25) is 0 Å². The van der Waals surface area contributed by atoms with Crippen LogP contribution >= 0.6 is 11.8 Å². The molecule has 8 nitrogen and oxygen atoms in total. The number of carbonyl (C=O) groups excluding carboxylic acids is 1. The Kier molecular flexibility index (Phi) is 8.35. The number of pyridine rings is 1. The molecular weight excluding hydrogens is 532 g/mol. The Morgan fingerprint density at radius 1 is 0.927 bits per heavy atom. The summed E-state index contributed by atoms with van der Waals surface area (Å²) in [6.07, 6.45) is 1.50. The first-order valence-electron chi connectivity index (χ1n) is 13.3. The fourth-order valence-electron chi connectivity index (χ4n) is 4.28. The molecule has 208 valence electrons. The van der Waals surface area contributed by atoms with Crippen LogP contribution in [0.4, 0.5) is 17.2 Å². The van der Waals surface area contributed by atoms with Crippen LogP contribution in [0.15, 0.2) is 95.0 Å². The summed E-state index contributed by atoms with van der Waals surface area (Å²) in [5.74, 6) is 1.48. The number of benzene rings is 3. The Morgan fingerprint density at radius 3 is 2.39 bits per heavy atom. The number of methoxy groups -OCH3 is 1. The van der Waals surface area contributed by atoms with Crippen LogP contribution in [-0.4, -0.2) is 28.0 Å². The van der Waals surface area contributed by atoms with E-state index in [9.17, 15) is 4.79 Å². The molecule has 1 unspecified atom stereocenters. The van der Waals surface area contributed by atoms with Crippen molar-refractivity contribution < 1.29 is 9.53 Å². The van der Waals surface area contributed by atoms with Gasteiger partial charge in [0.15, 0.2) is 5.65 Å². The van der Waals surface area contributed by atoms with Gasteiger partial charge in [0.2, 0.25) is 0 Å². The Hall–Kier alpha value is -4.63. The first-order valence-corrected chi connectivity index (χ1v) is 14.1. The van der Waals surface area contributed by atoms with Crippen molar-refractivity contribution in [3.8, 4) is 5.75 Å². The number of amides is 1. The minimum atomic E-state index is -0.194. The van der Waals surface area contributed by atoms with Gasteiger partial charge in [-0.25, -0.2) is 15.0 Å². The topological polar surface area (TPSA) is 115 Å². The van der Waals surface area contributed by atoms with E-state index in [0.29, 0.717) is 22.7 Å². The lowest BCUT2D eigenvalue weighted by atomic mass is 10.1. The number of anilines is 3. The second-order valence-corrected chi connectivity index (χ2v) is 11.1. The zero-order valence-electron chi connectivity index (χ0n) is 23.4. The van der Waals surface area contributed by atoms with E-state index in [4.69, 9.17) is 15.5 Å². The van der Waals surface area contributed by atoms with Crippen molar-refractivity contribution in [2.24, 2.45) is 0 Å². The fraction of sp³-hybridized carbons (Fsp3) is 0.188. The van der Waals surface area contributed by atoms with E-state index in [1.54, 1.807) is 18.9 Å². The number of ether oxygens (including phenoxy) is 1. The maximum Gasteiger partial charge on any atom is 0.251 e. The Bertz CT molecular complexity index is 1670. The molecule has 2 heterocycles. The maximum absolute atomic E-state index is 13.4. The summed E-state index contributed by atoms with van der Waals surface area (Å²) in [5.41, 5.74) is 10.4. The molecule has 0 aliphatic heterocycles. The van der Waals surface area contributed by atoms with E-state index in [1.807, 2.05) is 85.8 Å². The van der Waals surface area contributed by atoms with Crippen LogP contribution in [0.1, 0.15) is 54.3 Å². The van der Waals surface area contributed by atoms with Crippen LogP contribution in [-0.2, 0) is 0 Å². The molecule has 3 aromatic carbocycles. The first-order chi connectivity index (χ1) is 19.8. The second-order valence-electron chi connectivity index (χ2n) is 9.96. The second kappa shape index (κ2) is 12.3. The molecule has 0 spiro atoms. The predicted octanol–water partition coefficient (Wildman–Crippen LogP) is 7.12. The van der Waals surface area contributed by atoms with Crippen molar-refractivity contribution in [1.29, 1.82) is 0 Å². The van der Waals surface area contributed by atoms with E-state index in [-0.39, 0.29) is 17.9 Å². The summed E-state index contributed by atoms with van der Waals surface area (Å²) >= 11 is 1.57. The number of fused-ring (bicyclic) bond motifs is 1. The van der Waals surface area contributed by atoms with Gasteiger partial charge in [0.1, 0.15) is 17.9 Å². The smallest absolute Gasteiger partial charge is 0.251 e. The van der Waals surface area contributed by atoms with Crippen molar-refractivity contribution >= 4 is 45.9 Å². The number of nitrogens with one attached hydrogen (secondary N) is 2. The van der Waals surface area contributed by atoms with Crippen molar-refractivity contribution in [3.63, 3.8) is 0 Å². The summed E-state index contributed by atoms with van der Waals surface area (Å²) in [7, 11) is 1.63. The monoisotopic (exact) mass is 564 g/mol. The van der Waals surface area contributed by atoms with E-state index in [2.05, 4.69) is 34.4 Å². The third kappa shape index (κ3) is 6.58. The van der Waals surface area contributed by atoms with Gasteiger partial charge in [-0.3, -0.25) is 4.79 Å². The van der Waals surface area contributed by atoms with Gasteiger partial charge < -0.3 is 21.1 Å².